The minimum atomic E-state index is -1.24. The van der Waals surface area contributed by atoms with E-state index >= 15 is 0 Å². The number of imide groups is 1. The number of nitrogens with one attached hydrogen (secondary N) is 2. The third kappa shape index (κ3) is 3.98. The Bertz CT molecular complexity index is 884. The maximum Gasteiger partial charge on any atom is 0.325 e. The van der Waals surface area contributed by atoms with E-state index in [9.17, 15) is 14.4 Å². The summed E-state index contributed by atoms with van der Waals surface area (Å²) in [6.07, 6.45) is 0.675. The zero-order valence-corrected chi connectivity index (χ0v) is 15.9. The summed E-state index contributed by atoms with van der Waals surface area (Å²) in [7, 11) is 1.53. The van der Waals surface area contributed by atoms with Gasteiger partial charge >= 0.3 is 6.03 Å². The van der Waals surface area contributed by atoms with Crippen molar-refractivity contribution in [3.05, 3.63) is 65.7 Å². The molecule has 1 unspecified atom stereocenters. The average molecular weight is 381 g/mol. The van der Waals surface area contributed by atoms with E-state index in [1.165, 1.54) is 7.11 Å². The normalized spacial score (nSPS) is 18.7. The van der Waals surface area contributed by atoms with Crippen LogP contribution in [0.15, 0.2) is 54.6 Å². The molecular weight excluding hydrogens is 358 g/mol. The molecule has 146 valence electrons. The van der Waals surface area contributed by atoms with E-state index in [1.807, 2.05) is 30.3 Å². The van der Waals surface area contributed by atoms with Crippen LogP contribution < -0.4 is 15.4 Å². The number of carbonyl (C=O) groups excluding carboxylic acids is 3. The van der Waals surface area contributed by atoms with Gasteiger partial charge in [0.25, 0.3) is 5.91 Å². The van der Waals surface area contributed by atoms with Crippen LogP contribution in [-0.4, -0.2) is 42.9 Å². The lowest BCUT2D eigenvalue weighted by molar-refractivity contribution is -0.134. The Morgan fingerprint density at radius 3 is 2.61 bits per heavy atom. The van der Waals surface area contributed by atoms with Crippen molar-refractivity contribution in [1.29, 1.82) is 0 Å². The Balaban J connectivity index is 1.62. The fourth-order valence-electron chi connectivity index (χ4n) is 3.16. The first-order valence-electron chi connectivity index (χ1n) is 9.03. The maximum absolute atomic E-state index is 12.9. The van der Waals surface area contributed by atoms with E-state index in [-0.39, 0.29) is 12.5 Å². The monoisotopic (exact) mass is 381 g/mol. The fourth-order valence-corrected chi connectivity index (χ4v) is 3.16. The molecule has 7 heteroatoms. The van der Waals surface area contributed by atoms with Crippen LogP contribution in [0.1, 0.15) is 18.1 Å². The van der Waals surface area contributed by atoms with Gasteiger partial charge in [0.1, 0.15) is 17.8 Å². The first-order valence-corrected chi connectivity index (χ1v) is 9.03. The van der Waals surface area contributed by atoms with Crippen molar-refractivity contribution in [1.82, 2.24) is 15.5 Å². The Morgan fingerprint density at radius 1 is 1.14 bits per heavy atom. The number of ether oxygens (including phenoxy) is 1. The van der Waals surface area contributed by atoms with Crippen LogP contribution in [0.3, 0.4) is 0 Å². The zero-order chi connectivity index (χ0) is 20.1. The van der Waals surface area contributed by atoms with Gasteiger partial charge in [-0.3, -0.25) is 14.5 Å². The van der Waals surface area contributed by atoms with E-state index < -0.39 is 17.5 Å². The van der Waals surface area contributed by atoms with Gasteiger partial charge in [-0.05, 0) is 36.6 Å². The van der Waals surface area contributed by atoms with Crippen LogP contribution in [0.5, 0.6) is 5.75 Å². The minimum Gasteiger partial charge on any atom is -0.497 e. The summed E-state index contributed by atoms with van der Waals surface area (Å²) in [5.41, 5.74) is 0.455. The summed E-state index contributed by atoms with van der Waals surface area (Å²) in [6.45, 7) is 1.73. The maximum atomic E-state index is 12.9. The average Bonchev–Trinajstić information content (AvgIpc) is 2.93. The SMILES string of the molecule is COc1cccc(C2(C)NC(=O)N(CC(=O)NCCc3ccccc3)C2=O)c1. The van der Waals surface area contributed by atoms with Crippen LogP contribution in [0.25, 0.3) is 0 Å². The second-order valence-corrected chi connectivity index (χ2v) is 6.76. The number of carbonyl (C=O) groups is 3. The van der Waals surface area contributed by atoms with E-state index in [2.05, 4.69) is 10.6 Å². The number of methoxy groups -OCH3 is 1. The molecule has 2 aromatic rings. The molecule has 1 heterocycles. The fraction of sp³-hybridized carbons (Fsp3) is 0.286. The highest BCUT2D eigenvalue weighted by molar-refractivity contribution is 6.09. The van der Waals surface area contributed by atoms with Gasteiger partial charge in [-0.25, -0.2) is 4.79 Å². The van der Waals surface area contributed by atoms with Gasteiger partial charge in [0.15, 0.2) is 0 Å². The molecule has 2 N–H and O–H groups in total. The Kier molecular flexibility index (Phi) is 5.63. The van der Waals surface area contributed by atoms with Gasteiger partial charge in [0.05, 0.1) is 7.11 Å². The molecule has 0 aliphatic carbocycles. The second-order valence-electron chi connectivity index (χ2n) is 6.76. The third-order valence-corrected chi connectivity index (χ3v) is 4.80. The molecule has 1 atom stereocenters. The van der Waals surface area contributed by atoms with Gasteiger partial charge in [-0.15, -0.1) is 0 Å². The van der Waals surface area contributed by atoms with E-state index in [0.29, 0.717) is 24.3 Å². The second kappa shape index (κ2) is 8.12. The molecule has 1 aliphatic heterocycles. The summed E-state index contributed by atoms with van der Waals surface area (Å²) in [5, 5.41) is 5.44. The zero-order valence-electron chi connectivity index (χ0n) is 15.9. The molecule has 3 rings (SSSR count). The molecule has 2 aromatic carbocycles. The highest BCUT2D eigenvalue weighted by Crippen LogP contribution is 2.30. The number of nitrogens with zero attached hydrogens (tertiary/aromatic N) is 1. The predicted octanol–water partition coefficient (Wildman–Crippen LogP) is 1.82. The number of urea groups is 1. The van der Waals surface area contributed by atoms with Crippen molar-refractivity contribution >= 4 is 17.8 Å². The molecule has 28 heavy (non-hydrogen) atoms. The lowest BCUT2D eigenvalue weighted by Crippen LogP contribution is -2.43. The number of hydrogen-bond donors (Lipinski definition) is 2. The van der Waals surface area contributed by atoms with Crippen molar-refractivity contribution in [2.45, 2.75) is 18.9 Å². The predicted molar refractivity (Wildman–Crippen MR) is 104 cm³/mol. The van der Waals surface area contributed by atoms with E-state index in [0.717, 1.165) is 10.5 Å². The quantitative estimate of drug-likeness (QED) is 0.716. The van der Waals surface area contributed by atoms with E-state index in [1.54, 1.807) is 31.2 Å². The highest BCUT2D eigenvalue weighted by Gasteiger charge is 2.49. The lowest BCUT2D eigenvalue weighted by atomic mass is 9.92. The van der Waals surface area contributed by atoms with Gasteiger partial charge < -0.3 is 15.4 Å². The van der Waals surface area contributed by atoms with Crippen molar-refractivity contribution in [2.24, 2.45) is 0 Å². The van der Waals surface area contributed by atoms with Crippen molar-refractivity contribution in [3.8, 4) is 5.75 Å². The highest BCUT2D eigenvalue weighted by atomic mass is 16.5. The molecule has 4 amide bonds. The van der Waals surface area contributed by atoms with Gasteiger partial charge in [-0.1, -0.05) is 42.5 Å². The smallest absolute Gasteiger partial charge is 0.325 e. The van der Waals surface area contributed by atoms with Crippen LogP contribution in [0, 0.1) is 0 Å². The molecule has 0 radical (unpaired) electrons. The molecule has 1 saturated heterocycles. The van der Waals surface area contributed by atoms with Crippen molar-refractivity contribution in [2.75, 3.05) is 20.2 Å². The molecule has 0 saturated carbocycles. The molecule has 0 aromatic heterocycles. The standard InChI is InChI=1S/C21H23N3O4/c1-21(16-9-6-10-17(13-16)28-2)19(26)24(20(27)23-21)14-18(25)22-12-11-15-7-4-3-5-8-15/h3-10,13H,11-12,14H2,1-2H3,(H,22,25)(H,23,27). The number of rotatable bonds is 7. The van der Waals surface area contributed by atoms with E-state index in [4.69, 9.17) is 4.74 Å². The Hall–Kier alpha value is -3.35. The molecule has 0 spiro atoms. The summed E-state index contributed by atoms with van der Waals surface area (Å²) >= 11 is 0. The molecule has 7 nitrogen and oxygen atoms in total. The van der Waals surface area contributed by atoms with Gasteiger partial charge in [0.2, 0.25) is 5.91 Å². The summed E-state index contributed by atoms with van der Waals surface area (Å²) < 4.78 is 5.19. The molecule has 1 aliphatic rings. The van der Waals surface area contributed by atoms with Gasteiger partial charge in [0, 0.05) is 6.54 Å². The lowest BCUT2D eigenvalue weighted by Gasteiger charge is -2.22. The first kappa shape index (κ1) is 19.4. The molecule has 0 bridgehead atoms. The molecular formula is C21H23N3O4. The van der Waals surface area contributed by atoms with Crippen LogP contribution in [-0.2, 0) is 21.5 Å². The third-order valence-electron chi connectivity index (χ3n) is 4.80. The van der Waals surface area contributed by atoms with Crippen molar-refractivity contribution in [3.63, 3.8) is 0 Å². The largest absolute Gasteiger partial charge is 0.497 e. The minimum absolute atomic E-state index is 0.320. The number of hydrogen-bond acceptors (Lipinski definition) is 4. The van der Waals surface area contributed by atoms with Crippen LogP contribution in [0.4, 0.5) is 4.79 Å². The van der Waals surface area contributed by atoms with Crippen LogP contribution in [0.2, 0.25) is 0 Å². The topological polar surface area (TPSA) is 87.7 Å². The Morgan fingerprint density at radius 2 is 1.89 bits per heavy atom. The number of benzene rings is 2. The Labute approximate surface area is 163 Å². The molecule has 1 fully saturated rings. The van der Waals surface area contributed by atoms with Gasteiger partial charge in [-0.2, -0.15) is 0 Å². The number of amides is 4. The summed E-state index contributed by atoms with van der Waals surface area (Å²) in [5.74, 6) is -0.267. The summed E-state index contributed by atoms with van der Waals surface area (Å²) in [4.78, 5) is 38.4. The van der Waals surface area contributed by atoms with Crippen molar-refractivity contribution < 1.29 is 19.1 Å². The van der Waals surface area contributed by atoms with Crippen LogP contribution >= 0.6 is 0 Å². The summed E-state index contributed by atoms with van der Waals surface area (Å²) in [6, 6.07) is 16.1. The first-order chi connectivity index (χ1) is 13.4.